The van der Waals surface area contributed by atoms with E-state index < -0.39 is 0 Å². The Labute approximate surface area is 206 Å². The number of fused-ring (bicyclic) bond motifs is 3. The Hall–Kier alpha value is -2.47. The van der Waals surface area contributed by atoms with Crippen LogP contribution in [0.2, 0.25) is 0 Å². The number of benzene rings is 1. The number of carbonyl (C=O) groups is 1. The number of thiophene rings is 1. The minimum absolute atomic E-state index is 0.0485. The number of hydrogen-bond acceptors (Lipinski definition) is 5. The van der Waals surface area contributed by atoms with Gasteiger partial charge in [-0.1, -0.05) is 43.7 Å². The zero-order chi connectivity index (χ0) is 23.1. The molecule has 2 aliphatic carbocycles. The van der Waals surface area contributed by atoms with E-state index in [0.717, 1.165) is 56.2 Å². The Bertz CT molecular complexity index is 1180. The smallest absolute Gasteiger partial charge is 0.230 e. The Balaban J connectivity index is 1.26. The Morgan fingerprint density at radius 3 is 2.53 bits per heavy atom. The Kier molecular flexibility index (Phi) is 6.02. The highest BCUT2D eigenvalue weighted by Crippen LogP contribution is 2.44. The van der Waals surface area contributed by atoms with Crippen molar-refractivity contribution in [2.75, 3.05) is 31.1 Å². The molecule has 5 nitrogen and oxygen atoms in total. The zero-order valence-electron chi connectivity index (χ0n) is 20.1. The molecule has 1 amide bonds. The summed E-state index contributed by atoms with van der Waals surface area (Å²) in [6.07, 6.45) is 9.49. The topological polar surface area (TPSA) is 49.3 Å². The van der Waals surface area contributed by atoms with Crippen molar-refractivity contribution < 1.29 is 4.79 Å². The monoisotopic (exact) mass is 474 g/mol. The van der Waals surface area contributed by atoms with Gasteiger partial charge in [-0.05, 0) is 56.1 Å². The van der Waals surface area contributed by atoms with Crippen molar-refractivity contribution >= 4 is 33.3 Å². The van der Waals surface area contributed by atoms with Crippen LogP contribution in [0.25, 0.3) is 10.2 Å². The molecule has 3 heterocycles. The van der Waals surface area contributed by atoms with E-state index in [2.05, 4.69) is 28.9 Å². The molecule has 0 N–H and O–H groups in total. The number of aromatic nitrogens is 2. The second kappa shape index (κ2) is 9.29. The molecule has 3 aliphatic rings. The van der Waals surface area contributed by atoms with E-state index in [4.69, 9.17) is 9.97 Å². The Morgan fingerprint density at radius 2 is 1.79 bits per heavy atom. The second-order valence-electron chi connectivity index (χ2n) is 10.1. The van der Waals surface area contributed by atoms with Crippen LogP contribution in [-0.2, 0) is 17.6 Å². The fourth-order valence-electron chi connectivity index (χ4n) is 5.68. The highest BCUT2D eigenvalue weighted by atomic mass is 32.1. The third-order valence-electron chi connectivity index (χ3n) is 7.80. The van der Waals surface area contributed by atoms with Crippen molar-refractivity contribution in [2.45, 2.75) is 70.1 Å². The van der Waals surface area contributed by atoms with Crippen molar-refractivity contribution in [1.82, 2.24) is 14.9 Å². The number of aryl methyl sites for hydroxylation is 2. The highest BCUT2D eigenvalue weighted by Gasteiger charge is 2.33. The third-order valence-corrected chi connectivity index (χ3v) is 8.99. The molecule has 0 spiro atoms. The van der Waals surface area contributed by atoms with E-state index in [1.807, 2.05) is 29.5 Å². The molecule has 6 heteroatoms. The van der Waals surface area contributed by atoms with Gasteiger partial charge in [-0.15, -0.1) is 11.3 Å². The quantitative estimate of drug-likeness (QED) is 0.447. The van der Waals surface area contributed by atoms with Crippen molar-refractivity contribution in [2.24, 2.45) is 0 Å². The van der Waals surface area contributed by atoms with Gasteiger partial charge in [-0.25, -0.2) is 9.97 Å². The predicted molar refractivity (Wildman–Crippen MR) is 139 cm³/mol. The van der Waals surface area contributed by atoms with Gasteiger partial charge in [0, 0.05) is 37.0 Å². The van der Waals surface area contributed by atoms with E-state index in [1.54, 1.807) is 4.88 Å². The summed E-state index contributed by atoms with van der Waals surface area (Å²) in [4.78, 5) is 30.9. The average Bonchev–Trinajstić information content (AvgIpc) is 3.70. The lowest BCUT2D eigenvalue weighted by atomic mass is 9.95. The van der Waals surface area contributed by atoms with Gasteiger partial charge in [0.25, 0.3) is 0 Å². The zero-order valence-corrected chi connectivity index (χ0v) is 20.9. The number of hydrogen-bond donors (Lipinski definition) is 0. The molecule has 1 aromatic carbocycles. The lowest BCUT2D eigenvalue weighted by molar-refractivity contribution is -0.133. The normalized spacial score (nSPS) is 19.7. The summed E-state index contributed by atoms with van der Waals surface area (Å²) in [5, 5.41) is 1.32. The first-order valence-corrected chi connectivity index (χ1v) is 14.0. The van der Waals surface area contributed by atoms with Gasteiger partial charge in [0.2, 0.25) is 5.91 Å². The number of carbonyl (C=O) groups excluding carboxylic acids is 1. The van der Waals surface area contributed by atoms with Crippen LogP contribution in [0, 0.1) is 0 Å². The van der Waals surface area contributed by atoms with Crippen LogP contribution < -0.4 is 4.90 Å². The summed E-state index contributed by atoms with van der Waals surface area (Å²) < 4.78 is 0. The number of rotatable bonds is 5. The van der Waals surface area contributed by atoms with Crippen LogP contribution in [0.5, 0.6) is 0 Å². The first kappa shape index (κ1) is 22.0. The molecule has 3 aromatic rings. The lowest BCUT2D eigenvalue weighted by Gasteiger charge is -2.37. The van der Waals surface area contributed by atoms with Crippen molar-refractivity contribution in [3.63, 3.8) is 0 Å². The van der Waals surface area contributed by atoms with Gasteiger partial charge in [-0.3, -0.25) is 4.79 Å². The number of nitrogens with zero attached hydrogens (tertiary/aromatic N) is 4. The van der Waals surface area contributed by atoms with Crippen molar-refractivity contribution in [3.05, 3.63) is 52.2 Å². The van der Waals surface area contributed by atoms with Gasteiger partial charge in [0.05, 0.1) is 11.3 Å². The first-order chi connectivity index (χ1) is 16.7. The lowest BCUT2D eigenvalue weighted by Crippen LogP contribution is -2.50. The molecular formula is C28H34N4OS. The molecule has 34 heavy (non-hydrogen) atoms. The fourth-order valence-corrected chi connectivity index (χ4v) is 6.94. The van der Waals surface area contributed by atoms with E-state index in [1.165, 1.54) is 54.3 Å². The highest BCUT2D eigenvalue weighted by molar-refractivity contribution is 7.19. The molecule has 178 valence electrons. The molecule has 2 fully saturated rings. The van der Waals surface area contributed by atoms with Gasteiger partial charge in [0.1, 0.15) is 16.5 Å². The molecule has 1 saturated heterocycles. The second-order valence-corrected chi connectivity index (χ2v) is 11.2. The van der Waals surface area contributed by atoms with Crippen molar-refractivity contribution in [1.29, 1.82) is 0 Å². The van der Waals surface area contributed by atoms with Crippen LogP contribution in [0.4, 0.5) is 5.82 Å². The fraction of sp³-hybridized carbons (Fsp3) is 0.536. The summed E-state index contributed by atoms with van der Waals surface area (Å²) in [7, 11) is 0. The molecular weight excluding hydrogens is 440 g/mol. The van der Waals surface area contributed by atoms with Crippen LogP contribution in [0.3, 0.4) is 0 Å². The Morgan fingerprint density at radius 1 is 1.03 bits per heavy atom. The number of amides is 1. The van der Waals surface area contributed by atoms with Crippen LogP contribution >= 0.6 is 11.3 Å². The molecule has 1 aliphatic heterocycles. The maximum absolute atomic E-state index is 13.4. The first-order valence-electron chi connectivity index (χ1n) is 13.1. The summed E-state index contributed by atoms with van der Waals surface area (Å²) in [6, 6.07) is 10.3. The minimum Gasteiger partial charge on any atom is -0.352 e. The largest absolute Gasteiger partial charge is 0.352 e. The molecule has 1 saturated carbocycles. The molecule has 0 bridgehead atoms. The van der Waals surface area contributed by atoms with Gasteiger partial charge in [0.15, 0.2) is 0 Å². The summed E-state index contributed by atoms with van der Waals surface area (Å²) in [5.74, 6) is 2.96. The summed E-state index contributed by atoms with van der Waals surface area (Å²) in [6.45, 7) is 5.33. The van der Waals surface area contributed by atoms with Crippen molar-refractivity contribution in [3.8, 4) is 0 Å². The van der Waals surface area contributed by atoms with Gasteiger partial charge < -0.3 is 9.80 Å². The molecule has 1 unspecified atom stereocenters. The maximum atomic E-state index is 13.4. The molecule has 6 rings (SSSR count). The summed E-state index contributed by atoms with van der Waals surface area (Å²) >= 11 is 1.92. The van der Waals surface area contributed by atoms with Gasteiger partial charge in [-0.2, -0.15) is 0 Å². The summed E-state index contributed by atoms with van der Waals surface area (Å²) in [5.41, 5.74) is 2.65. The maximum Gasteiger partial charge on any atom is 0.230 e. The van der Waals surface area contributed by atoms with Crippen LogP contribution in [-0.4, -0.2) is 47.0 Å². The average molecular weight is 475 g/mol. The van der Waals surface area contributed by atoms with Gasteiger partial charge >= 0.3 is 0 Å². The third kappa shape index (κ3) is 4.10. The van der Waals surface area contributed by atoms with Crippen LogP contribution in [0.15, 0.2) is 30.3 Å². The van der Waals surface area contributed by atoms with E-state index in [9.17, 15) is 4.79 Å². The minimum atomic E-state index is -0.0485. The molecule has 0 radical (unpaired) electrons. The number of anilines is 1. The standard InChI is InChI=1S/C28H34N4OS/c1-2-21(19-9-5-3-6-10-19)28(33)32-17-15-31(16-18-32)26-24-22-11-7-4-8-12-23(22)34-27(24)30-25(29-26)20-13-14-20/h3,5-6,9-10,20-21H,2,4,7-8,11-18H2,1H3. The van der Waals surface area contributed by atoms with Crippen LogP contribution in [0.1, 0.15) is 79.1 Å². The van der Waals surface area contributed by atoms with E-state index >= 15 is 0 Å². The molecule has 1 atom stereocenters. The predicted octanol–water partition coefficient (Wildman–Crippen LogP) is 5.68. The van der Waals surface area contributed by atoms with E-state index in [0.29, 0.717) is 5.92 Å². The van der Waals surface area contributed by atoms with E-state index in [-0.39, 0.29) is 11.8 Å². The number of piperazine rings is 1. The molecule has 2 aromatic heterocycles. The SMILES string of the molecule is CCC(C(=O)N1CCN(c2nc(C3CC3)nc3sc4c(c23)CCCCC4)CC1)c1ccccc1.